The van der Waals surface area contributed by atoms with Gasteiger partial charge in [0.25, 0.3) is 0 Å². The fourth-order valence-corrected chi connectivity index (χ4v) is 0.603. The van der Waals surface area contributed by atoms with E-state index in [9.17, 15) is 0 Å². The number of allylic oxidation sites excluding steroid dienone is 3. The van der Waals surface area contributed by atoms with Crippen LogP contribution < -0.4 is 0 Å². The molecule has 0 aromatic carbocycles. The van der Waals surface area contributed by atoms with Crippen LogP contribution in [0, 0.1) is 25.9 Å². The molecule has 1 unspecified atom stereocenters. The maximum Gasteiger partial charge on any atom is 0 e. The van der Waals surface area contributed by atoms with Crippen LogP contribution in [-0.4, -0.2) is 0 Å². The summed E-state index contributed by atoms with van der Waals surface area (Å²) in [4.78, 5) is 0. The van der Waals surface area contributed by atoms with E-state index in [1.807, 2.05) is 6.08 Å². The van der Waals surface area contributed by atoms with Crippen molar-refractivity contribution in [1.29, 1.82) is 0 Å². The maximum atomic E-state index is 7.50. The summed E-state index contributed by atoms with van der Waals surface area (Å²) in [5.74, 6) is 0.500. The zero-order valence-corrected chi connectivity index (χ0v) is 10.2. The van der Waals surface area contributed by atoms with Crippen LogP contribution in [0.2, 0.25) is 0 Å². The Morgan fingerprint density at radius 2 is 1.44 bits per heavy atom. The van der Waals surface area contributed by atoms with E-state index in [-0.39, 0.29) is 17.1 Å². The van der Waals surface area contributed by atoms with Crippen LogP contribution in [0.15, 0.2) is 37.5 Å². The first-order chi connectivity index (χ1) is 7.22. The topological polar surface area (TPSA) is 59.7 Å². The van der Waals surface area contributed by atoms with Crippen LogP contribution >= 0.6 is 0 Å². The molecule has 0 radical (unpaired) electrons. The Hall–Kier alpha value is -1.04. The summed E-state index contributed by atoms with van der Waals surface area (Å²) in [6.07, 6.45) is 4.69. The predicted molar refractivity (Wildman–Crippen MR) is 55.1 cm³/mol. The van der Waals surface area contributed by atoms with Crippen LogP contribution in [0.4, 0.5) is 0 Å². The summed E-state index contributed by atoms with van der Waals surface area (Å²) < 4.78 is 22.5. The first-order valence-electron chi connectivity index (χ1n) is 3.75. The Morgan fingerprint density at radius 1 is 1.12 bits per heavy atom. The minimum atomic E-state index is 0. The summed E-state index contributed by atoms with van der Waals surface area (Å²) in [6, 6.07) is 0. The van der Waals surface area contributed by atoms with Crippen molar-refractivity contribution in [3.63, 3.8) is 0 Å². The van der Waals surface area contributed by atoms with Gasteiger partial charge < -0.3 is 0 Å². The van der Waals surface area contributed by atoms with Crippen LogP contribution in [0.1, 0.15) is 13.3 Å². The molecule has 0 rings (SSSR count). The molecular weight excluding hydrogens is 248 g/mol. The average Bonchev–Trinajstić information content (AvgIpc) is 2.36. The van der Waals surface area contributed by atoms with Crippen molar-refractivity contribution >= 4 is 0 Å². The van der Waals surface area contributed by atoms with Crippen LogP contribution in [0.25, 0.3) is 0 Å². The normalized spacial score (nSPS) is 7.19. The zero-order chi connectivity index (χ0) is 13.3. The van der Waals surface area contributed by atoms with Crippen LogP contribution in [-0.2, 0) is 31.0 Å². The summed E-state index contributed by atoms with van der Waals surface area (Å²) in [5.41, 5.74) is 1.09. The Balaban J connectivity index is -0.0000000498. The van der Waals surface area contributed by atoms with Crippen molar-refractivity contribution in [2.24, 2.45) is 5.92 Å². The summed E-state index contributed by atoms with van der Waals surface area (Å²) in [5, 5.41) is 0. The van der Waals surface area contributed by atoms with Crippen molar-refractivity contribution in [2.45, 2.75) is 13.3 Å². The Kier molecular flexibility index (Phi) is 68.0. The van der Waals surface area contributed by atoms with Crippen molar-refractivity contribution in [1.82, 2.24) is 0 Å². The number of hydrogen-bond donors (Lipinski definition) is 0. The van der Waals surface area contributed by atoms with E-state index in [0.717, 1.165) is 12.0 Å². The molecule has 0 aliphatic rings. The van der Waals surface area contributed by atoms with E-state index in [0.29, 0.717) is 5.92 Å². The van der Waals surface area contributed by atoms with Gasteiger partial charge in [-0.2, -0.15) is 0 Å². The molecular formula is C12H14FeO3. The predicted octanol–water partition coefficient (Wildman–Crippen LogP) is 2.83. The molecule has 0 heterocycles. The number of rotatable bonds is 4. The minimum Gasteiger partial charge on any atom is 0 e. The SMILES string of the molecule is C=CCC(C)C(=C)C=C.[C-]#[O+].[C-]#[O+].[C-]#[O+].[Fe]. The maximum absolute atomic E-state index is 7.50. The standard InChI is InChI=1S/C9H14.3CO.Fe/c1-5-7-9(4)8(3)6-2;3*1-2;/h5-6,9H,1-3,7H2,4H3;;;;. The van der Waals surface area contributed by atoms with Crippen LogP contribution in [0.5, 0.6) is 0 Å². The van der Waals surface area contributed by atoms with Crippen molar-refractivity contribution in [3.8, 4) is 0 Å². The third kappa shape index (κ3) is 29.3. The largest absolute Gasteiger partial charge is 0 e. The summed E-state index contributed by atoms with van der Waals surface area (Å²) in [7, 11) is 0. The monoisotopic (exact) mass is 262 g/mol. The Morgan fingerprint density at radius 3 is 1.62 bits per heavy atom. The Labute approximate surface area is 108 Å². The molecule has 4 heteroatoms. The molecule has 0 spiro atoms. The molecule has 88 valence electrons. The summed E-state index contributed by atoms with van der Waals surface area (Å²) in [6.45, 7) is 26.7. The molecule has 0 aromatic rings. The van der Waals surface area contributed by atoms with Crippen LogP contribution in [0.3, 0.4) is 0 Å². The van der Waals surface area contributed by atoms with Gasteiger partial charge in [-0.15, -0.1) is 6.58 Å². The second-order valence-corrected chi connectivity index (χ2v) is 2.20. The van der Waals surface area contributed by atoms with E-state index in [2.05, 4.69) is 46.6 Å². The first kappa shape index (κ1) is 29.4. The molecule has 0 saturated heterocycles. The molecule has 0 bridgehead atoms. The second kappa shape index (κ2) is 37.0. The van der Waals surface area contributed by atoms with E-state index in [1.165, 1.54) is 0 Å². The van der Waals surface area contributed by atoms with Gasteiger partial charge in [0.05, 0.1) is 0 Å². The molecule has 0 aromatic heterocycles. The third-order valence-electron chi connectivity index (χ3n) is 1.42. The molecule has 1 atom stereocenters. The molecule has 16 heavy (non-hydrogen) atoms. The zero-order valence-electron chi connectivity index (χ0n) is 9.14. The minimum absolute atomic E-state index is 0. The van der Waals surface area contributed by atoms with Gasteiger partial charge in [0, 0.05) is 17.1 Å². The van der Waals surface area contributed by atoms with E-state index >= 15 is 0 Å². The number of hydrogen-bond acceptors (Lipinski definition) is 0. The third-order valence-corrected chi connectivity index (χ3v) is 1.42. The van der Waals surface area contributed by atoms with E-state index in [4.69, 9.17) is 14.0 Å². The van der Waals surface area contributed by atoms with Gasteiger partial charge in [0.2, 0.25) is 0 Å². The Bertz CT molecular complexity index is 212. The second-order valence-electron chi connectivity index (χ2n) is 2.20. The fourth-order valence-electron chi connectivity index (χ4n) is 0.603. The van der Waals surface area contributed by atoms with E-state index < -0.39 is 0 Å². The molecule has 0 amide bonds. The van der Waals surface area contributed by atoms with Gasteiger partial charge >= 0.3 is 33.9 Å². The van der Waals surface area contributed by atoms with E-state index in [1.54, 1.807) is 6.08 Å². The molecule has 0 N–H and O–H groups in total. The van der Waals surface area contributed by atoms with Crippen molar-refractivity contribution in [3.05, 3.63) is 57.4 Å². The van der Waals surface area contributed by atoms with Gasteiger partial charge in [-0.05, 0) is 12.3 Å². The molecule has 0 saturated carbocycles. The fraction of sp³-hybridized carbons (Fsp3) is 0.250. The first-order valence-corrected chi connectivity index (χ1v) is 3.75. The van der Waals surface area contributed by atoms with Gasteiger partial charge in [-0.3, -0.25) is 0 Å². The quantitative estimate of drug-likeness (QED) is 0.246. The van der Waals surface area contributed by atoms with Gasteiger partial charge in [0.15, 0.2) is 0 Å². The molecule has 0 aliphatic heterocycles. The average molecular weight is 262 g/mol. The van der Waals surface area contributed by atoms with Gasteiger partial charge in [0.1, 0.15) is 0 Å². The van der Waals surface area contributed by atoms with Gasteiger partial charge in [-0.25, -0.2) is 0 Å². The van der Waals surface area contributed by atoms with Crippen molar-refractivity contribution in [2.75, 3.05) is 0 Å². The molecule has 0 aliphatic carbocycles. The smallest absolute Gasteiger partial charge is 0 e. The molecule has 3 nitrogen and oxygen atoms in total. The molecule has 0 fully saturated rings. The van der Waals surface area contributed by atoms with Gasteiger partial charge in [-0.1, -0.05) is 37.8 Å². The summed E-state index contributed by atoms with van der Waals surface area (Å²) >= 11 is 0. The van der Waals surface area contributed by atoms with Crippen molar-refractivity contribution < 1.29 is 31.0 Å².